The second kappa shape index (κ2) is 3.54. The second-order valence-corrected chi connectivity index (χ2v) is 5.09. The highest BCUT2D eigenvalue weighted by atomic mass is 19.2. The molecule has 1 saturated carbocycles. The number of H-pyrrole nitrogens is 1. The lowest BCUT2D eigenvalue weighted by molar-refractivity contribution is -0.167. The van der Waals surface area contributed by atoms with Crippen LogP contribution in [0.2, 0.25) is 0 Å². The fraction of sp³-hybridized carbons (Fsp3) is 0.636. The third-order valence-electron chi connectivity index (χ3n) is 3.98. The van der Waals surface area contributed by atoms with Crippen molar-refractivity contribution in [2.24, 2.45) is 0 Å². The van der Waals surface area contributed by atoms with Crippen LogP contribution >= 0.6 is 0 Å². The molecule has 2 aliphatic rings. The van der Waals surface area contributed by atoms with Gasteiger partial charge in [0.15, 0.2) is 23.6 Å². The van der Waals surface area contributed by atoms with Gasteiger partial charge in [-0.3, -0.25) is 14.3 Å². The summed E-state index contributed by atoms with van der Waals surface area (Å²) in [5, 5.41) is 10.1. The lowest BCUT2D eigenvalue weighted by Crippen LogP contribution is -2.48. The number of rotatable bonds is 2. The molecule has 5 atom stereocenters. The second-order valence-electron chi connectivity index (χ2n) is 5.09. The van der Waals surface area contributed by atoms with E-state index in [-0.39, 0.29) is 0 Å². The highest BCUT2D eigenvalue weighted by molar-refractivity contribution is 5.35. The maximum absolute atomic E-state index is 14.8. The van der Waals surface area contributed by atoms with E-state index in [1.54, 1.807) is 0 Å². The van der Waals surface area contributed by atoms with Gasteiger partial charge in [-0.05, 0) is 6.92 Å². The van der Waals surface area contributed by atoms with Crippen molar-refractivity contribution in [2.75, 3.05) is 7.11 Å². The number of ether oxygens (including phenoxy) is 2. The van der Waals surface area contributed by atoms with Crippen molar-refractivity contribution >= 4 is 0 Å². The number of nitrogens with zero attached hydrogens (tertiary/aromatic N) is 1. The average molecular weight is 290 g/mol. The van der Waals surface area contributed by atoms with Gasteiger partial charge in [0, 0.05) is 19.4 Å². The molecule has 0 amide bonds. The molecule has 2 fully saturated rings. The number of alkyl halides is 2. The van der Waals surface area contributed by atoms with Crippen LogP contribution in [-0.4, -0.2) is 45.0 Å². The monoisotopic (exact) mass is 290 g/mol. The van der Waals surface area contributed by atoms with Gasteiger partial charge in [0.05, 0.1) is 0 Å². The fourth-order valence-electron chi connectivity index (χ4n) is 2.82. The van der Waals surface area contributed by atoms with Gasteiger partial charge in [-0.1, -0.05) is 0 Å². The summed E-state index contributed by atoms with van der Waals surface area (Å²) in [6.07, 6.45) is -2.21. The van der Waals surface area contributed by atoms with E-state index in [0.717, 1.165) is 26.3 Å². The lowest BCUT2D eigenvalue weighted by atomic mass is 9.97. The maximum Gasteiger partial charge on any atom is 0.330 e. The normalized spacial score (nSPS) is 46.2. The van der Waals surface area contributed by atoms with Gasteiger partial charge < -0.3 is 14.6 Å². The minimum Gasteiger partial charge on any atom is -0.378 e. The fourth-order valence-corrected chi connectivity index (χ4v) is 2.82. The highest BCUT2D eigenvalue weighted by Crippen LogP contribution is 2.70. The Bertz CT molecular complexity index is 686. The van der Waals surface area contributed by atoms with Gasteiger partial charge >= 0.3 is 5.69 Å². The van der Waals surface area contributed by atoms with Crippen LogP contribution in [0.5, 0.6) is 0 Å². The Morgan fingerprint density at radius 3 is 2.60 bits per heavy atom. The number of hydrogen-bond acceptors (Lipinski definition) is 5. The summed E-state index contributed by atoms with van der Waals surface area (Å²) < 4.78 is 39.4. The van der Waals surface area contributed by atoms with Crippen molar-refractivity contribution in [3.8, 4) is 0 Å². The van der Waals surface area contributed by atoms with Crippen LogP contribution in [0.25, 0.3) is 0 Å². The third-order valence-corrected chi connectivity index (χ3v) is 3.98. The molecule has 1 aliphatic heterocycles. The number of methoxy groups -OCH3 is 1. The topological polar surface area (TPSA) is 93.5 Å². The quantitative estimate of drug-likeness (QED) is 0.745. The predicted molar refractivity (Wildman–Crippen MR) is 60.5 cm³/mol. The number of nitrogens with one attached hydrogen (secondary N) is 1. The first-order valence-corrected chi connectivity index (χ1v) is 5.82. The van der Waals surface area contributed by atoms with Gasteiger partial charge in [-0.15, -0.1) is 0 Å². The maximum atomic E-state index is 14.8. The molecule has 110 valence electrons. The molecule has 7 nitrogen and oxygen atoms in total. The lowest BCUT2D eigenvalue weighted by Gasteiger charge is -2.29. The van der Waals surface area contributed by atoms with Crippen LogP contribution in [0, 0.1) is 0 Å². The molecular formula is C11H12F2N2O5. The van der Waals surface area contributed by atoms with Gasteiger partial charge in [-0.2, -0.15) is 0 Å². The summed E-state index contributed by atoms with van der Waals surface area (Å²) in [7, 11) is 1.11. The van der Waals surface area contributed by atoms with Crippen LogP contribution in [0.1, 0.15) is 13.2 Å². The van der Waals surface area contributed by atoms with Crippen molar-refractivity contribution < 1.29 is 23.4 Å². The Hall–Kier alpha value is -1.58. The highest BCUT2D eigenvalue weighted by Gasteiger charge is 2.95. The van der Waals surface area contributed by atoms with E-state index >= 15 is 0 Å². The third kappa shape index (κ3) is 1.23. The summed E-state index contributed by atoms with van der Waals surface area (Å²) >= 11 is 0. The van der Waals surface area contributed by atoms with Gasteiger partial charge in [0.2, 0.25) is 0 Å². The van der Waals surface area contributed by atoms with E-state index in [1.165, 1.54) is 0 Å². The first-order valence-electron chi connectivity index (χ1n) is 5.82. The van der Waals surface area contributed by atoms with Crippen LogP contribution in [0.3, 0.4) is 0 Å². The molecule has 0 bridgehead atoms. The minimum absolute atomic E-state index is 0.680. The van der Waals surface area contributed by atoms with E-state index in [0.29, 0.717) is 4.57 Å². The molecule has 1 saturated heterocycles. The van der Waals surface area contributed by atoms with E-state index in [4.69, 9.17) is 4.74 Å². The predicted octanol–water partition coefficient (Wildman–Crippen LogP) is -0.781. The Morgan fingerprint density at radius 2 is 2.15 bits per heavy atom. The Balaban J connectivity index is 2.07. The average Bonchev–Trinajstić information content (AvgIpc) is 2.78. The smallest absolute Gasteiger partial charge is 0.330 e. The zero-order valence-electron chi connectivity index (χ0n) is 10.6. The molecule has 5 unspecified atom stereocenters. The van der Waals surface area contributed by atoms with Gasteiger partial charge in [0.25, 0.3) is 11.4 Å². The van der Waals surface area contributed by atoms with Crippen molar-refractivity contribution in [2.45, 2.75) is 36.4 Å². The molecule has 2 N–H and O–H groups in total. The SMILES string of the molecule is COC1C2(F)OC(n3ccc(=O)[nH]c3=O)C(C)(F)C12O. The summed E-state index contributed by atoms with van der Waals surface area (Å²) in [6, 6.07) is 0.966. The molecule has 1 aromatic rings. The number of fused-ring (bicyclic) bond motifs is 1. The van der Waals surface area contributed by atoms with Crippen LogP contribution in [0.15, 0.2) is 21.9 Å². The molecule has 9 heteroatoms. The minimum atomic E-state index is -2.73. The number of aromatic amines is 1. The number of aromatic nitrogens is 2. The molecule has 3 rings (SSSR count). The van der Waals surface area contributed by atoms with Crippen LogP contribution in [-0.2, 0) is 9.47 Å². The Labute approximate surface area is 110 Å². The van der Waals surface area contributed by atoms with Crippen molar-refractivity contribution in [3.05, 3.63) is 33.1 Å². The van der Waals surface area contributed by atoms with E-state index in [1.807, 2.05) is 4.98 Å². The standard InChI is InChI=1S/C11H12F2N2O5/c1-9(12)7(15-4-3-5(16)14-8(15)17)20-11(13)6(19-2)10(9,11)18/h3-4,6-7,18H,1-2H3,(H,14,16,17). The first kappa shape index (κ1) is 13.4. The summed E-state index contributed by atoms with van der Waals surface area (Å²) in [6.45, 7) is 0.912. The van der Waals surface area contributed by atoms with Crippen molar-refractivity contribution in [1.29, 1.82) is 0 Å². The number of hydrogen-bond donors (Lipinski definition) is 2. The van der Waals surface area contributed by atoms with Crippen molar-refractivity contribution in [3.63, 3.8) is 0 Å². The van der Waals surface area contributed by atoms with E-state index in [2.05, 4.69) is 4.74 Å². The van der Waals surface area contributed by atoms with Crippen LogP contribution < -0.4 is 11.2 Å². The molecular weight excluding hydrogens is 278 g/mol. The molecule has 1 aliphatic carbocycles. The Morgan fingerprint density at radius 1 is 1.50 bits per heavy atom. The number of halogens is 2. The van der Waals surface area contributed by atoms with Gasteiger partial charge in [0.1, 0.15) is 0 Å². The summed E-state index contributed by atoms with van der Waals surface area (Å²) in [5.74, 6) is -2.73. The first-order chi connectivity index (χ1) is 9.20. The summed E-state index contributed by atoms with van der Waals surface area (Å²) in [5.41, 5.74) is -6.77. The van der Waals surface area contributed by atoms with E-state index < -0.39 is 40.7 Å². The molecule has 0 spiro atoms. The largest absolute Gasteiger partial charge is 0.378 e. The molecule has 0 radical (unpaired) electrons. The zero-order valence-corrected chi connectivity index (χ0v) is 10.6. The van der Waals surface area contributed by atoms with Crippen LogP contribution in [0.4, 0.5) is 8.78 Å². The zero-order chi connectivity index (χ0) is 14.9. The summed E-state index contributed by atoms with van der Waals surface area (Å²) in [4.78, 5) is 24.5. The molecule has 0 aromatic carbocycles. The van der Waals surface area contributed by atoms with Crippen molar-refractivity contribution in [1.82, 2.24) is 9.55 Å². The number of aliphatic hydroxyl groups is 1. The van der Waals surface area contributed by atoms with Gasteiger partial charge in [-0.25, -0.2) is 13.6 Å². The molecule has 1 aromatic heterocycles. The molecule has 20 heavy (non-hydrogen) atoms. The molecule has 2 heterocycles. The van der Waals surface area contributed by atoms with E-state index in [9.17, 15) is 23.5 Å². The Kier molecular flexibility index (Phi) is 2.37.